The SMILES string of the molecule is C[C@@H](C(=O)O[C@H]1C[C@H]2CC[C@@]1(C)C2(C)C)N1C(=O)c2ccccc2C1=O. The molecule has 4 atom stereocenters. The fourth-order valence-corrected chi connectivity index (χ4v) is 5.21. The van der Waals surface area contributed by atoms with E-state index in [1.807, 2.05) is 0 Å². The van der Waals surface area contributed by atoms with Crippen LogP contribution >= 0.6 is 0 Å². The summed E-state index contributed by atoms with van der Waals surface area (Å²) in [6, 6.07) is 5.75. The van der Waals surface area contributed by atoms with Crippen LogP contribution in [0.15, 0.2) is 24.3 Å². The fraction of sp³-hybridized carbons (Fsp3) is 0.571. The number of ether oxygens (including phenoxy) is 1. The zero-order valence-corrected chi connectivity index (χ0v) is 15.7. The van der Waals surface area contributed by atoms with Crippen molar-refractivity contribution >= 4 is 17.8 Å². The van der Waals surface area contributed by atoms with Gasteiger partial charge in [-0.15, -0.1) is 0 Å². The van der Waals surface area contributed by atoms with Crippen molar-refractivity contribution in [3.05, 3.63) is 35.4 Å². The Morgan fingerprint density at radius 3 is 2.19 bits per heavy atom. The van der Waals surface area contributed by atoms with Gasteiger partial charge in [-0.05, 0) is 49.7 Å². The summed E-state index contributed by atoms with van der Waals surface area (Å²) in [4.78, 5) is 39.0. The number of imide groups is 1. The second-order valence-electron chi connectivity index (χ2n) is 8.74. The Bertz CT molecular complexity index is 779. The molecule has 2 amide bonds. The van der Waals surface area contributed by atoms with E-state index < -0.39 is 23.8 Å². The number of carbonyl (C=O) groups excluding carboxylic acids is 3. The topological polar surface area (TPSA) is 63.7 Å². The molecule has 1 heterocycles. The normalized spacial score (nSPS) is 32.7. The quantitative estimate of drug-likeness (QED) is 0.615. The third-order valence-electron chi connectivity index (χ3n) is 7.53. The lowest BCUT2D eigenvalue weighted by Gasteiger charge is -2.39. The molecule has 0 N–H and O–H groups in total. The van der Waals surface area contributed by atoms with E-state index in [-0.39, 0.29) is 16.9 Å². The van der Waals surface area contributed by atoms with Crippen LogP contribution in [0.3, 0.4) is 0 Å². The van der Waals surface area contributed by atoms with Gasteiger partial charge in [0, 0.05) is 5.41 Å². The largest absolute Gasteiger partial charge is 0.460 e. The van der Waals surface area contributed by atoms with Crippen molar-refractivity contribution in [2.24, 2.45) is 16.7 Å². The van der Waals surface area contributed by atoms with Gasteiger partial charge in [0.25, 0.3) is 11.8 Å². The molecule has 1 aromatic rings. The molecule has 2 fully saturated rings. The standard InChI is InChI=1S/C21H25NO4/c1-12(22-17(23)14-7-5-6-8-15(14)18(22)24)19(25)26-16-11-13-9-10-21(16,4)20(13,2)3/h5-8,12-13,16H,9-11H2,1-4H3/t12-,13+,16-,21+/m0/s1. The Balaban J connectivity index is 1.52. The van der Waals surface area contributed by atoms with Crippen molar-refractivity contribution < 1.29 is 19.1 Å². The highest BCUT2D eigenvalue weighted by atomic mass is 16.5. The summed E-state index contributed by atoms with van der Waals surface area (Å²) in [6.07, 6.45) is 2.93. The molecular weight excluding hydrogens is 330 g/mol. The van der Waals surface area contributed by atoms with E-state index in [0.717, 1.165) is 17.7 Å². The van der Waals surface area contributed by atoms with E-state index in [4.69, 9.17) is 4.74 Å². The van der Waals surface area contributed by atoms with Crippen LogP contribution in [0.5, 0.6) is 0 Å². The highest BCUT2D eigenvalue weighted by Gasteiger charge is 2.63. The number of fused-ring (bicyclic) bond motifs is 3. The molecule has 1 aliphatic heterocycles. The van der Waals surface area contributed by atoms with Crippen LogP contribution in [0.25, 0.3) is 0 Å². The maximum absolute atomic E-state index is 12.8. The number of esters is 1. The molecule has 2 saturated carbocycles. The number of carbonyl (C=O) groups is 3. The summed E-state index contributed by atoms with van der Waals surface area (Å²) in [6.45, 7) is 8.29. The fourth-order valence-electron chi connectivity index (χ4n) is 5.21. The maximum Gasteiger partial charge on any atom is 0.329 e. The molecule has 2 bridgehead atoms. The molecule has 26 heavy (non-hydrogen) atoms. The Morgan fingerprint density at radius 1 is 1.15 bits per heavy atom. The molecule has 0 radical (unpaired) electrons. The van der Waals surface area contributed by atoms with Crippen LogP contribution in [0.2, 0.25) is 0 Å². The third kappa shape index (κ3) is 2.06. The molecule has 5 nitrogen and oxygen atoms in total. The summed E-state index contributed by atoms with van der Waals surface area (Å²) >= 11 is 0. The first-order chi connectivity index (χ1) is 12.2. The molecule has 0 spiro atoms. The number of hydrogen-bond acceptors (Lipinski definition) is 4. The van der Waals surface area contributed by atoms with Crippen molar-refractivity contribution in [2.75, 3.05) is 0 Å². The first-order valence-corrected chi connectivity index (χ1v) is 9.36. The van der Waals surface area contributed by atoms with Crippen LogP contribution in [0.1, 0.15) is 67.7 Å². The number of nitrogens with zero attached hydrogens (tertiary/aromatic N) is 1. The van der Waals surface area contributed by atoms with Crippen molar-refractivity contribution in [1.82, 2.24) is 4.90 Å². The van der Waals surface area contributed by atoms with Gasteiger partial charge >= 0.3 is 5.97 Å². The van der Waals surface area contributed by atoms with E-state index in [9.17, 15) is 14.4 Å². The van der Waals surface area contributed by atoms with Gasteiger partial charge in [0.2, 0.25) is 0 Å². The second-order valence-corrected chi connectivity index (χ2v) is 8.74. The van der Waals surface area contributed by atoms with Crippen LogP contribution in [-0.4, -0.2) is 34.8 Å². The molecule has 3 aliphatic rings. The molecule has 1 aromatic carbocycles. The van der Waals surface area contributed by atoms with Crippen LogP contribution < -0.4 is 0 Å². The number of hydrogen-bond donors (Lipinski definition) is 0. The van der Waals surface area contributed by atoms with Crippen molar-refractivity contribution in [3.63, 3.8) is 0 Å². The minimum atomic E-state index is -0.923. The Morgan fingerprint density at radius 2 is 1.73 bits per heavy atom. The predicted octanol–water partition coefficient (Wildman–Crippen LogP) is 3.43. The van der Waals surface area contributed by atoms with Gasteiger partial charge in [-0.3, -0.25) is 14.5 Å². The average Bonchev–Trinajstić information content (AvgIpc) is 3.07. The minimum Gasteiger partial charge on any atom is -0.460 e. The van der Waals surface area contributed by atoms with Crippen molar-refractivity contribution in [2.45, 2.75) is 59.1 Å². The van der Waals surface area contributed by atoms with Crippen molar-refractivity contribution in [1.29, 1.82) is 0 Å². The third-order valence-corrected chi connectivity index (χ3v) is 7.53. The van der Waals surface area contributed by atoms with Crippen molar-refractivity contribution in [3.8, 4) is 0 Å². The molecular formula is C21H25NO4. The van der Waals surface area contributed by atoms with Gasteiger partial charge in [-0.2, -0.15) is 0 Å². The molecule has 0 aromatic heterocycles. The Hall–Kier alpha value is -2.17. The van der Waals surface area contributed by atoms with Crippen LogP contribution in [-0.2, 0) is 9.53 Å². The smallest absolute Gasteiger partial charge is 0.329 e. The maximum atomic E-state index is 12.8. The summed E-state index contributed by atoms with van der Waals surface area (Å²) in [5, 5.41) is 0. The van der Waals surface area contributed by atoms with Gasteiger partial charge in [-0.25, -0.2) is 4.79 Å². The lowest BCUT2D eigenvalue weighted by Crippen LogP contribution is -2.46. The zero-order valence-electron chi connectivity index (χ0n) is 15.7. The minimum absolute atomic E-state index is 0.0466. The first kappa shape index (κ1) is 17.3. The lowest BCUT2D eigenvalue weighted by molar-refractivity contribution is -0.161. The van der Waals surface area contributed by atoms with Gasteiger partial charge in [0.05, 0.1) is 11.1 Å². The van der Waals surface area contributed by atoms with E-state index in [0.29, 0.717) is 17.0 Å². The Labute approximate surface area is 153 Å². The number of amides is 2. The van der Waals surface area contributed by atoms with Crippen LogP contribution in [0.4, 0.5) is 0 Å². The molecule has 0 saturated heterocycles. The highest BCUT2D eigenvalue weighted by Crippen LogP contribution is 2.66. The highest BCUT2D eigenvalue weighted by molar-refractivity contribution is 6.22. The Kier molecular flexibility index (Phi) is 3.59. The number of rotatable bonds is 3. The molecule has 5 heteroatoms. The first-order valence-electron chi connectivity index (χ1n) is 9.36. The molecule has 0 unspecified atom stereocenters. The molecule has 4 rings (SSSR count). The van der Waals surface area contributed by atoms with Crippen LogP contribution in [0, 0.1) is 16.7 Å². The van der Waals surface area contributed by atoms with E-state index >= 15 is 0 Å². The van der Waals surface area contributed by atoms with Gasteiger partial charge in [-0.1, -0.05) is 32.9 Å². The van der Waals surface area contributed by atoms with E-state index in [2.05, 4.69) is 20.8 Å². The van der Waals surface area contributed by atoms with E-state index in [1.54, 1.807) is 31.2 Å². The van der Waals surface area contributed by atoms with Gasteiger partial charge in [0.15, 0.2) is 0 Å². The molecule has 138 valence electrons. The second kappa shape index (κ2) is 5.41. The number of benzene rings is 1. The lowest BCUT2D eigenvalue weighted by atomic mass is 9.70. The predicted molar refractivity (Wildman–Crippen MR) is 95.5 cm³/mol. The van der Waals surface area contributed by atoms with E-state index in [1.165, 1.54) is 6.42 Å². The van der Waals surface area contributed by atoms with Gasteiger partial charge < -0.3 is 4.74 Å². The average molecular weight is 355 g/mol. The summed E-state index contributed by atoms with van der Waals surface area (Å²) < 4.78 is 5.87. The summed E-state index contributed by atoms with van der Waals surface area (Å²) in [7, 11) is 0. The zero-order chi connectivity index (χ0) is 18.9. The monoisotopic (exact) mass is 355 g/mol. The summed E-state index contributed by atoms with van der Waals surface area (Å²) in [5.74, 6) is -0.780. The molecule has 2 aliphatic carbocycles. The van der Waals surface area contributed by atoms with Gasteiger partial charge in [0.1, 0.15) is 12.1 Å². The summed E-state index contributed by atoms with van der Waals surface area (Å²) in [5.41, 5.74) is 0.793.